The summed E-state index contributed by atoms with van der Waals surface area (Å²) in [5.41, 5.74) is 0.691. The van der Waals surface area contributed by atoms with Crippen molar-refractivity contribution in [1.82, 2.24) is 9.80 Å². The minimum Gasteiger partial charge on any atom is -0.299 e. The van der Waals surface area contributed by atoms with Crippen LogP contribution in [0.5, 0.6) is 0 Å². The third kappa shape index (κ3) is 3.21. The van der Waals surface area contributed by atoms with Gasteiger partial charge in [-0.1, -0.05) is 19.8 Å². The van der Waals surface area contributed by atoms with Crippen LogP contribution in [-0.2, 0) is 0 Å². The molecule has 0 aromatic carbocycles. The number of hydrogen-bond donors (Lipinski definition) is 0. The summed E-state index contributed by atoms with van der Waals surface area (Å²) in [5, 5.41) is 0. The van der Waals surface area contributed by atoms with Crippen molar-refractivity contribution in [2.24, 2.45) is 0 Å². The van der Waals surface area contributed by atoms with Gasteiger partial charge in [0.2, 0.25) is 0 Å². The van der Waals surface area contributed by atoms with Gasteiger partial charge in [-0.2, -0.15) is 0 Å². The second-order valence-electron chi connectivity index (χ2n) is 6.57. The van der Waals surface area contributed by atoms with E-state index in [-0.39, 0.29) is 0 Å². The first-order valence-electron chi connectivity index (χ1n) is 6.76. The third-order valence-corrected chi connectivity index (χ3v) is 4.31. The summed E-state index contributed by atoms with van der Waals surface area (Å²) < 4.78 is 0. The molecule has 1 saturated heterocycles. The minimum absolute atomic E-state index is 0.321. The molecule has 0 aromatic heterocycles. The molecule has 1 aliphatic heterocycles. The Balaban J connectivity index is 2.60. The summed E-state index contributed by atoms with van der Waals surface area (Å²) in [7, 11) is 2.25. The molecule has 0 atom stereocenters. The Morgan fingerprint density at radius 2 is 1.81 bits per heavy atom. The van der Waals surface area contributed by atoms with Crippen LogP contribution in [0.25, 0.3) is 0 Å². The molecule has 0 aliphatic carbocycles. The second-order valence-corrected chi connectivity index (χ2v) is 6.57. The molecule has 0 unspecified atom stereocenters. The Kier molecular flexibility index (Phi) is 4.42. The van der Waals surface area contributed by atoms with Crippen molar-refractivity contribution in [2.75, 3.05) is 26.7 Å². The third-order valence-electron chi connectivity index (χ3n) is 4.31. The maximum Gasteiger partial charge on any atom is 0.0277 e. The molecule has 0 bridgehead atoms. The van der Waals surface area contributed by atoms with E-state index in [4.69, 9.17) is 0 Å². The molecule has 0 amide bonds. The van der Waals surface area contributed by atoms with Gasteiger partial charge in [-0.15, -0.1) is 0 Å². The molecule has 0 saturated carbocycles. The first kappa shape index (κ1) is 14.0. The average molecular weight is 226 g/mol. The van der Waals surface area contributed by atoms with E-state index in [0.29, 0.717) is 11.1 Å². The van der Waals surface area contributed by atoms with E-state index in [1.165, 1.54) is 38.9 Å². The first-order chi connectivity index (χ1) is 7.29. The molecule has 96 valence electrons. The maximum absolute atomic E-state index is 2.68. The Morgan fingerprint density at radius 3 is 2.31 bits per heavy atom. The van der Waals surface area contributed by atoms with Gasteiger partial charge in [-0.05, 0) is 41.2 Å². The van der Waals surface area contributed by atoms with Gasteiger partial charge in [0.25, 0.3) is 0 Å². The fraction of sp³-hybridized carbons (Fsp3) is 1.00. The van der Waals surface area contributed by atoms with Gasteiger partial charge >= 0.3 is 0 Å². The smallest absolute Gasteiger partial charge is 0.0277 e. The van der Waals surface area contributed by atoms with E-state index in [1.807, 2.05) is 0 Å². The van der Waals surface area contributed by atoms with Crippen molar-refractivity contribution in [3.05, 3.63) is 0 Å². The van der Waals surface area contributed by atoms with Crippen molar-refractivity contribution in [3.8, 4) is 0 Å². The molecule has 16 heavy (non-hydrogen) atoms. The van der Waals surface area contributed by atoms with Crippen LogP contribution in [0.2, 0.25) is 0 Å². The number of nitrogens with zero attached hydrogens (tertiary/aromatic N) is 2. The molecule has 1 aliphatic rings. The highest BCUT2D eigenvalue weighted by Gasteiger charge is 2.36. The summed E-state index contributed by atoms with van der Waals surface area (Å²) in [6.45, 7) is 15.4. The van der Waals surface area contributed by atoms with Gasteiger partial charge in [-0.3, -0.25) is 9.80 Å². The van der Waals surface area contributed by atoms with Gasteiger partial charge in [0, 0.05) is 30.7 Å². The van der Waals surface area contributed by atoms with E-state index in [1.54, 1.807) is 0 Å². The number of unbranched alkanes of at least 4 members (excludes halogenated alkanes) is 1. The van der Waals surface area contributed by atoms with Crippen molar-refractivity contribution >= 4 is 0 Å². The molecule has 0 spiro atoms. The van der Waals surface area contributed by atoms with E-state index in [9.17, 15) is 0 Å². The fourth-order valence-electron chi connectivity index (χ4n) is 2.52. The quantitative estimate of drug-likeness (QED) is 0.727. The standard InChI is InChI=1S/C14H30N2/c1-7-8-9-13(2,3)16-11-10-15(6)14(4,5)12-16/h7-12H2,1-6H3. The molecule has 1 fully saturated rings. The van der Waals surface area contributed by atoms with Crippen LogP contribution < -0.4 is 0 Å². The Morgan fingerprint density at radius 1 is 1.19 bits per heavy atom. The van der Waals surface area contributed by atoms with Gasteiger partial charge < -0.3 is 0 Å². The number of hydrogen-bond acceptors (Lipinski definition) is 2. The van der Waals surface area contributed by atoms with E-state index in [0.717, 1.165) is 0 Å². The topological polar surface area (TPSA) is 6.48 Å². The summed E-state index contributed by atoms with van der Waals surface area (Å²) >= 11 is 0. The lowest BCUT2D eigenvalue weighted by atomic mass is 9.90. The van der Waals surface area contributed by atoms with Gasteiger partial charge in [0.05, 0.1) is 0 Å². The number of rotatable bonds is 4. The van der Waals surface area contributed by atoms with Crippen LogP contribution in [0, 0.1) is 0 Å². The lowest BCUT2D eigenvalue weighted by Crippen LogP contribution is -2.62. The predicted molar refractivity (Wildman–Crippen MR) is 71.9 cm³/mol. The summed E-state index contributed by atoms with van der Waals surface area (Å²) in [5.74, 6) is 0. The SMILES string of the molecule is CCCCC(C)(C)N1CCN(C)C(C)(C)C1. The van der Waals surface area contributed by atoms with Gasteiger partial charge in [0.15, 0.2) is 0 Å². The number of likely N-dealkylation sites (N-methyl/N-ethyl adjacent to an activating group) is 1. The molecule has 0 N–H and O–H groups in total. The lowest BCUT2D eigenvalue weighted by Gasteiger charge is -2.51. The predicted octanol–water partition coefficient (Wildman–Crippen LogP) is 2.98. The molecule has 2 heteroatoms. The van der Waals surface area contributed by atoms with Gasteiger partial charge in [-0.25, -0.2) is 0 Å². The van der Waals surface area contributed by atoms with Crippen LogP contribution in [-0.4, -0.2) is 47.6 Å². The van der Waals surface area contributed by atoms with Crippen molar-refractivity contribution in [1.29, 1.82) is 0 Å². The largest absolute Gasteiger partial charge is 0.299 e. The van der Waals surface area contributed by atoms with E-state index < -0.39 is 0 Å². The number of piperazine rings is 1. The highest BCUT2D eigenvalue weighted by atomic mass is 15.3. The summed E-state index contributed by atoms with van der Waals surface area (Å²) in [6.07, 6.45) is 3.98. The van der Waals surface area contributed by atoms with Crippen molar-refractivity contribution in [3.63, 3.8) is 0 Å². The van der Waals surface area contributed by atoms with Crippen LogP contribution >= 0.6 is 0 Å². The van der Waals surface area contributed by atoms with Crippen molar-refractivity contribution < 1.29 is 0 Å². The molecule has 0 radical (unpaired) electrons. The highest BCUT2D eigenvalue weighted by molar-refractivity contribution is 4.94. The zero-order valence-electron chi connectivity index (χ0n) is 12.1. The van der Waals surface area contributed by atoms with E-state index >= 15 is 0 Å². The van der Waals surface area contributed by atoms with Crippen LogP contribution in [0.4, 0.5) is 0 Å². The lowest BCUT2D eigenvalue weighted by molar-refractivity contribution is -0.0154. The van der Waals surface area contributed by atoms with Crippen LogP contribution in [0.15, 0.2) is 0 Å². The van der Waals surface area contributed by atoms with Crippen LogP contribution in [0.1, 0.15) is 53.9 Å². The first-order valence-corrected chi connectivity index (χ1v) is 6.76. The Labute approximate surface area is 102 Å². The van der Waals surface area contributed by atoms with Gasteiger partial charge in [0.1, 0.15) is 0 Å². The Bertz CT molecular complexity index is 221. The normalized spacial score (nSPS) is 23.6. The summed E-state index contributed by atoms with van der Waals surface area (Å²) in [4.78, 5) is 5.17. The van der Waals surface area contributed by atoms with E-state index in [2.05, 4.69) is 51.5 Å². The molecule has 0 aromatic rings. The molecule has 1 heterocycles. The van der Waals surface area contributed by atoms with Crippen LogP contribution in [0.3, 0.4) is 0 Å². The minimum atomic E-state index is 0.321. The Hall–Kier alpha value is -0.0800. The molecular formula is C14H30N2. The maximum atomic E-state index is 2.68. The monoisotopic (exact) mass is 226 g/mol. The molecule has 2 nitrogen and oxygen atoms in total. The molecule has 1 rings (SSSR count). The highest BCUT2D eigenvalue weighted by Crippen LogP contribution is 2.28. The second kappa shape index (κ2) is 5.05. The molecular weight excluding hydrogens is 196 g/mol. The zero-order chi connectivity index (χ0) is 12.4. The zero-order valence-corrected chi connectivity index (χ0v) is 12.1. The average Bonchev–Trinajstić information content (AvgIpc) is 2.19. The summed E-state index contributed by atoms with van der Waals surface area (Å²) in [6, 6.07) is 0. The van der Waals surface area contributed by atoms with Crippen molar-refractivity contribution in [2.45, 2.75) is 65.0 Å². The fourth-order valence-corrected chi connectivity index (χ4v) is 2.52.